The summed E-state index contributed by atoms with van der Waals surface area (Å²) in [6, 6.07) is 13.9. The van der Waals surface area contributed by atoms with Crippen molar-refractivity contribution in [2.75, 3.05) is 12.9 Å². The number of amides is 1. The minimum atomic E-state index is -3.62. The number of nitrogens with zero attached hydrogens (tertiary/aromatic N) is 2. The van der Waals surface area contributed by atoms with E-state index in [0.29, 0.717) is 28.5 Å². The lowest BCUT2D eigenvalue weighted by molar-refractivity contribution is -0.143. The number of esters is 1. The molecule has 0 unspecified atom stereocenters. The molecule has 3 rings (SSSR count). The number of hydrogen-bond donors (Lipinski definition) is 1. The predicted octanol–water partition coefficient (Wildman–Crippen LogP) is 3.87. The smallest absolute Gasteiger partial charge is 0.408 e. The molecule has 3 aromatic rings. The number of nitrogens with one attached hydrogen (secondary N) is 1. The van der Waals surface area contributed by atoms with Gasteiger partial charge in [0, 0.05) is 14.5 Å². The van der Waals surface area contributed by atoms with E-state index in [1.165, 1.54) is 11.1 Å². The number of aryl methyl sites for hydroxylation is 1. The van der Waals surface area contributed by atoms with Crippen LogP contribution in [0.3, 0.4) is 0 Å². The number of carbonyl (C=O) groups is 2. The first-order chi connectivity index (χ1) is 16.9. The quantitative estimate of drug-likeness (QED) is 0.312. The molecule has 194 valence electrons. The Hall–Kier alpha value is -3.18. The first kappa shape index (κ1) is 27.4. The van der Waals surface area contributed by atoms with Crippen LogP contribution in [0.25, 0.3) is 11.0 Å². The van der Waals surface area contributed by atoms with E-state index in [4.69, 9.17) is 9.47 Å². The molecule has 0 spiro atoms. The van der Waals surface area contributed by atoms with Crippen molar-refractivity contribution >= 4 is 41.2 Å². The second kappa shape index (κ2) is 11.3. The fourth-order valence-corrected chi connectivity index (χ4v) is 8.26. The lowest BCUT2D eigenvalue weighted by atomic mass is 10.1. The Balaban J connectivity index is 1.81. The molecule has 1 aromatic heterocycles. The van der Waals surface area contributed by atoms with Crippen LogP contribution in [-0.4, -0.2) is 56.4 Å². The zero-order valence-electron chi connectivity index (χ0n) is 21.3. The molecular weight excluding hydrogens is 498 g/mol. The first-order valence-electron chi connectivity index (χ1n) is 11.7. The fourth-order valence-electron chi connectivity index (χ4n) is 3.70. The molecule has 1 N–H and O–H groups in total. The van der Waals surface area contributed by atoms with E-state index in [1.807, 2.05) is 30.3 Å². The number of benzene rings is 2. The zero-order chi connectivity index (χ0) is 26.5. The highest BCUT2D eigenvalue weighted by Crippen LogP contribution is 2.23. The van der Waals surface area contributed by atoms with Crippen molar-refractivity contribution in [3.8, 4) is 0 Å². The Morgan fingerprint density at radius 3 is 2.42 bits per heavy atom. The summed E-state index contributed by atoms with van der Waals surface area (Å²) >= 11 is 0. The highest BCUT2D eigenvalue weighted by atomic mass is 32.2. The number of aromatic nitrogens is 2. The van der Waals surface area contributed by atoms with Gasteiger partial charge >= 0.3 is 12.1 Å². The first-order valence-corrected chi connectivity index (χ1v) is 17.0. The van der Waals surface area contributed by atoms with E-state index in [2.05, 4.69) is 29.9 Å². The highest BCUT2D eigenvalue weighted by molar-refractivity contribution is 7.90. The van der Waals surface area contributed by atoms with Crippen molar-refractivity contribution in [3.05, 3.63) is 65.5 Å². The number of alkyl carbamates (subject to hydrolysis) is 1. The van der Waals surface area contributed by atoms with Gasteiger partial charge in [-0.05, 0) is 36.2 Å². The van der Waals surface area contributed by atoms with Gasteiger partial charge in [0.25, 0.3) is 0 Å². The van der Waals surface area contributed by atoms with Gasteiger partial charge in [-0.3, -0.25) is 0 Å². The average molecular weight is 532 g/mol. The molecule has 0 fully saturated rings. The van der Waals surface area contributed by atoms with Crippen LogP contribution in [0.5, 0.6) is 0 Å². The minimum absolute atomic E-state index is 0.0405. The van der Waals surface area contributed by atoms with Gasteiger partial charge < -0.3 is 14.8 Å². The van der Waals surface area contributed by atoms with Crippen molar-refractivity contribution in [1.29, 1.82) is 0 Å². The van der Waals surface area contributed by atoms with E-state index in [1.54, 1.807) is 25.1 Å². The van der Waals surface area contributed by atoms with Crippen molar-refractivity contribution in [2.45, 2.75) is 51.7 Å². The largest absolute Gasteiger partial charge is 0.467 e. The Morgan fingerprint density at radius 1 is 1.08 bits per heavy atom. The summed E-state index contributed by atoms with van der Waals surface area (Å²) in [5.41, 5.74) is 2.43. The maximum absolute atomic E-state index is 13.2. The molecule has 2 aromatic carbocycles. The van der Waals surface area contributed by atoms with Crippen LogP contribution in [-0.2, 0) is 37.3 Å². The minimum Gasteiger partial charge on any atom is -0.467 e. The standard InChI is InChI=1S/C25H33N3O6SSi/c1-18-26-21-12-11-20(16-23(21)28(18)35(31,32)13-14-36(3,4)5)15-22(24(29)33-2)27-25(30)34-17-19-9-7-6-8-10-19/h6-12,16,22H,13-15,17H2,1-5H3,(H,27,30)/t22-/m1/s1. The SMILES string of the molecule is COC(=O)[C@@H](Cc1ccc2nc(C)n(S(=O)(=O)CC[Si](C)(C)C)c2c1)NC(=O)OCc1ccccc1. The predicted molar refractivity (Wildman–Crippen MR) is 141 cm³/mol. The molecular formula is C25H33N3O6SSi. The zero-order valence-corrected chi connectivity index (χ0v) is 23.1. The second-order valence-electron chi connectivity index (χ2n) is 9.86. The van der Waals surface area contributed by atoms with E-state index in [0.717, 1.165) is 5.56 Å². The van der Waals surface area contributed by atoms with Crippen LogP contribution in [0, 0.1) is 6.92 Å². The third kappa shape index (κ3) is 7.17. The Kier molecular flexibility index (Phi) is 8.57. The van der Waals surface area contributed by atoms with Crippen molar-refractivity contribution in [2.24, 2.45) is 0 Å². The number of imidazole rings is 1. The van der Waals surface area contributed by atoms with Gasteiger partial charge in [-0.2, -0.15) is 0 Å². The molecule has 0 saturated heterocycles. The van der Waals surface area contributed by atoms with E-state index in [9.17, 15) is 18.0 Å². The van der Waals surface area contributed by atoms with Crippen molar-refractivity contribution in [3.63, 3.8) is 0 Å². The maximum Gasteiger partial charge on any atom is 0.408 e. The summed E-state index contributed by atoms with van der Waals surface area (Å²) < 4.78 is 37.8. The highest BCUT2D eigenvalue weighted by Gasteiger charge is 2.26. The molecule has 1 atom stereocenters. The topological polar surface area (TPSA) is 117 Å². The van der Waals surface area contributed by atoms with Crippen LogP contribution in [0.4, 0.5) is 4.79 Å². The van der Waals surface area contributed by atoms with Gasteiger partial charge in [-0.15, -0.1) is 0 Å². The fraction of sp³-hybridized carbons (Fsp3) is 0.400. The molecule has 0 saturated carbocycles. The summed E-state index contributed by atoms with van der Waals surface area (Å²) in [5, 5.41) is 2.55. The van der Waals surface area contributed by atoms with Gasteiger partial charge in [0.15, 0.2) is 0 Å². The molecule has 0 bridgehead atoms. The van der Waals surface area contributed by atoms with Crippen LogP contribution in [0.1, 0.15) is 17.0 Å². The molecule has 0 aliphatic carbocycles. The van der Waals surface area contributed by atoms with E-state index in [-0.39, 0.29) is 18.8 Å². The van der Waals surface area contributed by atoms with Crippen LogP contribution in [0.15, 0.2) is 48.5 Å². The summed E-state index contributed by atoms with van der Waals surface area (Å²) in [6.07, 6.45) is -0.674. The van der Waals surface area contributed by atoms with Crippen LogP contribution >= 0.6 is 0 Å². The summed E-state index contributed by atoms with van der Waals surface area (Å²) in [6.45, 7) is 8.10. The summed E-state index contributed by atoms with van der Waals surface area (Å²) in [4.78, 5) is 29.2. The monoisotopic (exact) mass is 531 g/mol. The Labute approximate surface area is 212 Å². The van der Waals surface area contributed by atoms with Crippen molar-refractivity contribution in [1.82, 2.24) is 14.3 Å². The summed E-state index contributed by atoms with van der Waals surface area (Å²) in [7, 11) is -3.96. The molecule has 0 radical (unpaired) electrons. The van der Waals surface area contributed by atoms with Gasteiger partial charge in [0.1, 0.15) is 18.5 Å². The van der Waals surface area contributed by atoms with E-state index >= 15 is 0 Å². The number of methoxy groups -OCH3 is 1. The lowest BCUT2D eigenvalue weighted by Crippen LogP contribution is -2.43. The molecule has 9 nitrogen and oxygen atoms in total. The maximum atomic E-state index is 13.2. The van der Waals surface area contributed by atoms with Gasteiger partial charge in [0.05, 0.1) is 23.9 Å². The van der Waals surface area contributed by atoms with Gasteiger partial charge in [0.2, 0.25) is 10.0 Å². The molecule has 0 aliphatic rings. The molecule has 1 heterocycles. The van der Waals surface area contributed by atoms with Crippen LogP contribution < -0.4 is 5.32 Å². The Morgan fingerprint density at radius 2 is 1.78 bits per heavy atom. The number of fused-ring (bicyclic) bond motifs is 1. The molecule has 0 aliphatic heterocycles. The normalized spacial score (nSPS) is 12.8. The number of carbonyl (C=O) groups excluding carboxylic acids is 2. The number of hydrogen-bond acceptors (Lipinski definition) is 7. The van der Waals surface area contributed by atoms with Crippen molar-refractivity contribution < 1.29 is 27.5 Å². The Bertz CT molecular complexity index is 1330. The number of rotatable bonds is 10. The average Bonchev–Trinajstić information content (AvgIpc) is 3.16. The second-order valence-corrected chi connectivity index (χ2v) is 17.4. The third-order valence-corrected chi connectivity index (χ3v) is 9.50. The lowest BCUT2D eigenvalue weighted by Gasteiger charge is -2.18. The van der Waals surface area contributed by atoms with Crippen LogP contribution in [0.2, 0.25) is 25.7 Å². The van der Waals surface area contributed by atoms with Gasteiger partial charge in [-0.25, -0.2) is 27.0 Å². The number of ether oxygens (including phenoxy) is 2. The molecule has 11 heteroatoms. The summed E-state index contributed by atoms with van der Waals surface area (Å²) in [5.74, 6) is -0.220. The van der Waals surface area contributed by atoms with E-state index < -0.39 is 36.2 Å². The molecule has 1 amide bonds. The third-order valence-electron chi connectivity index (χ3n) is 5.65. The molecule has 36 heavy (non-hydrogen) atoms. The van der Waals surface area contributed by atoms with Gasteiger partial charge in [-0.1, -0.05) is 56.0 Å².